The number of rotatable bonds is 6. The number of anilines is 1. The number of carbonyl (C=O) groups is 1. The summed E-state index contributed by atoms with van der Waals surface area (Å²) in [4.78, 5) is 22.8. The molecular weight excluding hydrogens is 324 g/mol. The molecule has 0 unspecified atom stereocenters. The summed E-state index contributed by atoms with van der Waals surface area (Å²) < 4.78 is 0. The van der Waals surface area contributed by atoms with E-state index in [0.29, 0.717) is 24.8 Å². The molecule has 1 aliphatic heterocycles. The smallest absolute Gasteiger partial charge is 0.223 e. The standard InChI is InChI=1S/C21H28N4O/c1-16(2)17-5-7-18(8-6-17)24-20-4-3-13-25(15-20)21(26)10-9-19-14-22-11-12-23-19/h5-8,11-12,14,16,20,24H,3-4,9-10,13,15H2,1-2H3/t20-/m1/s1. The van der Waals surface area contributed by atoms with Crippen LogP contribution in [0, 0.1) is 0 Å². The molecule has 5 heteroatoms. The van der Waals surface area contributed by atoms with Crippen LogP contribution >= 0.6 is 0 Å². The third kappa shape index (κ3) is 5.04. The Hall–Kier alpha value is -2.43. The van der Waals surface area contributed by atoms with Crippen LogP contribution in [0.25, 0.3) is 0 Å². The molecule has 1 atom stereocenters. The van der Waals surface area contributed by atoms with E-state index in [2.05, 4.69) is 53.4 Å². The van der Waals surface area contributed by atoms with Crippen LogP contribution in [0.2, 0.25) is 0 Å². The van der Waals surface area contributed by atoms with Crippen molar-refractivity contribution in [3.05, 3.63) is 54.1 Å². The number of hydrogen-bond donors (Lipinski definition) is 1. The number of amides is 1. The molecule has 1 fully saturated rings. The largest absolute Gasteiger partial charge is 0.381 e. The molecule has 138 valence electrons. The first kappa shape index (κ1) is 18.4. The fourth-order valence-electron chi connectivity index (χ4n) is 3.37. The summed E-state index contributed by atoms with van der Waals surface area (Å²) in [6, 6.07) is 8.96. The predicted octanol–water partition coefficient (Wildman–Crippen LogP) is 3.64. The zero-order valence-electron chi connectivity index (χ0n) is 15.7. The van der Waals surface area contributed by atoms with Gasteiger partial charge in [0.25, 0.3) is 0 Å². The molecule has 3 rings (SSSR count). The molecule has 1 aliphatic rings. The highest BCUT2D eigenvalue weighted by Gasteiger charge is 2.23. The monoisotopic (exact) mass is 352 g/mol. The molecule has 1 aromatic heterocycles. The number of likely N-dealkylation sites (tertiary alicyclic amines) is 1. The molecule has 26 heavy (non-hydrogen) atoms. The van der Waals surface area contributed by atoms with Gasteiger partial charge in [-0.15, -0.1) is 0 Å². The van der Waals surface area contributed by atoms with Gasteiger partial charge in [0.2, 0.25) is 5.91 Å². The minimum absolute atomic E-state index is 0.206. The van der Waals surface area contributed by atoms with Crippen LogP contribution in [-0.2, 0) is 11.2 Å². The first-order chi connectivity index (χ1) is 12.6. The third-order valence-electron chi connectivity index (χ3n) is 4.93. The molecule has 1 amide bonds. The lowest BCUT2D eigenvalue weighted by molar-refractivity contribution is -0.132. The fraction of sp³-hybridized carbons (Fsp3) is 0.476. The molecular formula is C21H28N4O. The Labute approximate surface area is 155 Å². The minimum atomic E-state index is 0.206. The van der Waals surface area contributed by atoms with Gasteiger partial charge in [0, 0.05) is 49.8 Å². The average molecular weight is 352 g/mol. The Bertz CT molecular complexity index is 700. The van der Waals surface area contributed by atoms with Crippen LogP contribution < -0.4 is 5.32 Å². The number of benzene rings is 1. The number of aryl methyl sites for hydroxylation is 1. The van der Waals surface area contributed by atoms with Gasteiger partial charge in [-0.3, -0.25) is 14.8 Å². The lowest BCUT2D eigenvalue weighted by Crippen LogP contribution is -2.45. The molecule has 0 spiro atoms. The van der Waals surface area contributed by atoms with E-state index in [4.69, 9.17) is 0 Å². The Kier molecular flexibility index (Phi) is 6.21. The fourth-order valence-corrected chi connectivity index (χ4v) is 3.37. The molecule has 5 nitrogen and oxygen atoms in total. The third-order valence-corrected chi connectivity index (χ3v) is 4.93. The number of piperidine rings is 1. The van der Waals surface area contributed by atoms with Gasteiger partial charge < -0.3 is 10.2 Å². The average Bonchev–Trinajstić information content (AvgIpc) is 2.67. The van der Waals surface area contributed by atoms with Gasteiger partial charge in [-0.1, -0.05) is 26.0 Å². The lowest BCUT2D eigenvalue weighted by Gasteiger charge is -2.34. The van der Waals surface area contributed by atoms with Crippen molar-refractivity contribution < 1.29 is 4.79 Å². The van der Waals surface area contributed by atoms with Crippen LogP contribution in [0.5, 0.6) is 0 Å². The van der Waals surface area contributed by atoms with Crippen molar-refractivity contribution in [3.8, 4) is 0 Å². The maximum absolute atomic E-state index is 12.5. The number of nitrogens with zero attached hydrogens (tertiary/aromatic N) is 3. The summed E-state index contributed by atoms with van der Waals surface area (Å²) in [7, 11) is 0. The van der Waals surface area contributed by atoms with E-state index in [0.717, 1.165) is 37.3 Å². The van der Waals surface area contributed by atoms with E-state index in [-0.39, 0.29) is 5.91 Å². The normalized spacial score (nSPS) is 17.3. The van der Waals surface area contributed by atoms with Crippen molar-refractivity contribution in [2.45, 2.75) is 51.5 Å². The van der Waals surface area contributed by atoms with E-state index in [1.54, 1.807) is 18.6 Å². The number of hydrogen-bond acceptors (Lipinski definition) is 4. The highest BCUT2D eigenvalue weighted by molar-refractivity contribution is 5.76. The number of nitrogens with one attached hydrogen (secondary N) is 1. The van der Waals surface area contributed by atoms with Gasteiger partial charge >= 0.3 is 0 Å². The Morgan fingerprint density at radius 3 is 2.77 bits per heavy atom. The van der Waals surface area contributed by atoms with Crippen molar-refractivity contribution in [1.82, 2.24) is 14.9 Å². The van der Waals surface area contributed by atoms with Crippen molar-refractivity contribution in [3.63, 3.8) is 0 Å². The topological polar surface area (TPSA) is 58.1 Å². The summed E-state index contributed by atoms with van der Waals surface area (Å²) in [6.07, 6.45) is 8.34. The van der Waals surface area contributed by atoms with Crippen LogP contribution in [0.1, 0.15) is 50.3 Å². The SMILES string of the molecule is CC(C)c1ccc(N[C@@H]2CCCN(C(=O)CCc3cnccn3)C2)cc1. The van der Waals surface area contributed by atoms with Crippen LogP contribution in [0.3, 0.4) is 0 Å². The van der Waals surface area contributed by atoms with Gasteiger partial charge in [-0.05, 0) is 42.9 Å². The van der Waals surface area contributed by atoms with E-state index < -0.39 is 0 Å². The second-order valence-electron chi connectivity index (χ2n) is 7.30. The van der Waals surface area contributed by atoms with Crippen LogP contribution in [0.15, 0.2) is 42.9 Å². The first-order valence-electron chi connectivity index (χ1n) is 9.51. The van der Waals surface area contributed by atoms with Crippen LogP contribution in [-0.4, -0.2) is 39.9 Å². The molecule has 1 saturated heterocycles. The van der Waals surface area contributed by atoms with E-state index in [1.165, 1.54) is 5.56 Å². The number of carbonyl (C=O) groups excluding carboxylic acids is 1. The van der Waals surface area contributed by atoms with Crippen molar-refractivity contribution in [1.29, 1.82) is 0 Å². The molecule has 1 N–H and O–H groups in total. The first-order valence-corrected chi connectivity index (χ1v) is 9.51. The maximum Gasteiger partial charge on any atom is 0.223 e. The van der Waals surface area contributed by atoms with Crippen molar-refractivity contribution in [2.24, 2.45) is 0 Å². The second kappa shape index (κ2) is 8.79. The minimum Gasteiger partial charge on any atom is -0.381 e. The highest BCUT2D eigenvalue weighted by Crippen LogP contribution is 2.20. The molecule has 0 bridgehead atoms. The number of aromatic nitrogens is 2. The van der Waals surface area contributed by atoms with Gasteiger partial charge in [0.15, 0.2) is 0 Å². The molecule has 0 saturated carbocycles. The van der Waals surface area contributed by atoms with Crippen molar-refractivity contribution >= 4 is 11.6 Å². The summed E-state index contributed by atoms with van der Waals surface area (Å²) in [5, 5.41) is 3.59. The molecule has 2 heterocycles. The summed E-state index contributed by atoms with van der Waals surface area (Å²) in [6.45, 7) is 6.02. The Balaban J connectivity index is 1.51. The van der Waals surface area contributed by atoms with Crippen molar-refractivity contribution in [2.75, 3.05) is 18.4 Å². The van der Waals surface area contributed by atoms with Crippen LogP contribution in [0.4, 0.5) is 5.69 Å². The highest BCUT2D eigenvalue weighted by atomic mass is 16.2. The Morgan fingerprint density at radius 1 is 1.27 bits per heavy atom. The lowest BCUT2D eigenvalue weighted by atomic mass is 10.0. The quantitative estimate of drug-likeness (QED) is 0.862. The zero-order chi connectivity index (χ0) is 18.4. The Morgan fingerprint density at radius 2 is 2.08 bits per heavy atom. The maximum atomic E-state index is 12.5. The zero-order valence-corrected chi connectivity index (χ0v) is 15.7. The molecule has 0 aliphatic carbocycles. The molecule has 1 aromatic carbocycles. The second-order valence-corrected chi connectivity index (χ2v) is 7.30. The van der Waals surface area contributed by atoms with E-state index >= 15 is 0 Å². The van der Waals surface area contributed by atoms with E-state index in [1.807, 2.05) is 4.90 Å². The van der Waals surface area contributed by atoms with Gasteiger partial charge in [-0.25, -0.2) is 0 Å². The summed E-state index contributed by atoms with van der Waals surface area (Å²) in [5.74, 6) is 0.749. The molecule has 2 aromatic rings. The van der Waals surface area contributed by atoms with E-state index in [9.17, 15) is 4.79 Å². The van der Waals surface area contributed by atoms with Gasteiger partial charge in [0.1, 0.15) is 0 Å². The summed E-state index contributed by atoms with van der Waals surface area (Å²) >= 11 is 0. The van der Waals surface area contributed by atoms with Gasteiger partial charge in [-0.2, -0.15) is 0 Å². The van der Waals surface area contributed by atoms with Gasteiger partial charge in [0.05, 0.1) is 5.69 Å². The summed E-state index contributed by atoms with van der Waals surface area (Å²) in [5.41, 5.74) is 3.35. The predicted molar refractivity (Wildman–Crippen MR) is 104 cm³/mol. The molecule has 0 radical (unpaired) electrons.